The summed E-state index contributed by atoms with van der Waals surface area (Å²) in [6.45, 7) is 0.800. The Kier molecular flexibility index (Phi) is 5.21. The van der Waals surface area contributed by atoms with Gasteiger partial charge in [-0.3, -0.25) is 4.57 Å². The molecular formula is C18H18ClN3O3. The Morgan fingerprint density at radius 1 is 1.20 bits per heavy atom. The van der Waals surface area contributed by atoms with Gasteiger partial charge in [-0.2, -0.15) is 4.98 Å². The van der Waals surface area contributed by atoms with Gasteiger partial charge in [0, 0.05) is 19.2 Å². The SMILES string of the molecule is CNc1nc(=O)n(-c2ccccc2)c2cc(Cl)cc(OCCOC)c12. The molecule has 2 aromatic carbocycles. The van der Waals surface area contributed by atoms with Crippen molar-refractivity contribution in [2.75, 3.05) is 32.7 Å². The van der Waals surface area contributed by atoms with Gasteiger partial charge in [0.05, 0.1) is 23.2 Å². The van der Waals surface area contributed by atoms with E-state index in [1.807, 2.05) is 30.3 Å². The van der Waals surface area contributed by atoms with Crippen molar-refractivity contribution in [3.8, 4) is 11.4 Å². The molecule has 0 unspecified atom stereocenters. The largest absolute Gasteiger partial charge is 0.490 e. The maximum atomic E-state index is 12.6. The van der Waals surface area contributed by atoms with Crippen molar-refractivity contribution >= 4 is 28.3 Å². The minimum Gasteiger partial charge on any atom is -0.490 e. The molecule has 0 fully saturated rings. The molecule has 0 spiro atoms. The molecule has 0 radical (unpaired) electrons. The second-order valence-corrected chi connectivity index (χ2v) is 5.74. The molecule has 0 bridgehead atoms. The Morgan fingerprint density at radius 2 is 1.96 bits per heavy atom. The van der Waals surface area contributed by atoms with Crippen LogP contribution in [0.4, 0.5) is 5.82 Å². The van der Waals surface area contributed by atoms with Crippen LogP contribution in [0.2, 0.25) is 5.02 Å². The lowest BCUT2D eigenvalue weighted by atomic mass is 10.2. The van der Waals surface area contributed by atoms with E-state index in [0.717, 1.165) is 0 Å². The number of ether oxygens (including phenoxy) is 2. The number of methoxy groups -OCH3 is 1. The van der Waals surface area contributed by atoms with E-state index in [0.29, 0.717) is 46.4 Å². The van der Waals surface area contributed by atoms with Crippen LogP contribution >= 0.6 is 11.6 Å². The Labute approximate surface area is 150 Å². The molecule has 0 saturated carbocycles. The summed E-state index contributed by atoms with van der Waals surface area (Å²) in [5.74, 6) is 0.984. The summed E-state index contributed by atoms with van der Waals surface area (Å²) in [5.41, 5.74) is 0.932. The number of aromatic nitrogens is 2. The molecule has 1 aromatic heterocycles. The predicted octanol–water partition coefficient (Wildman–Crippen LogP) is 3.11. The molecule has 0 saturated heterocycles. The topological polar surface area (TPSA) is 65.4 Å². The van der Waals surface area contributed by atoms with Crippen molar-refractivity contribution in [2.24, 2.45) is 0 Å². The highest BCUT2D eigenvalue weighted by Crippen LogP contribution is 2.34. The first kappa shape index (κ1) is 17.3. The van der Waals surface area contributed by atoms with E-state index in [2.05, 4.69) is 10.3 Å². The van der Waals surface area contributed by atoms with Gasteiger partial charge in [-0.15, -0.1) is 0 Å². The van der Waals surface area contributed by atoms with E-state index >= 15 is 0 Å². The molecule has 3 aromatic rings. The number of anilines is 1. The maximum Gasteiger partial charge on any atom is 0.354 e. The fourth-order valence-electron chi connectivity index (χ4n) is 2.64. The molecule has 25 heavy (non-hydrogen) atoms. The van der Waals surface area contributed by atoms with Crippen molar-refractivity contribution in [1.29, 1.82) is 0 Å². The minimum atomic E-state index is -0.395. The van der Waals surface area contributed by atoms with E-state index < -0.39 is 5.69 Å². The molecule has 0 aliphatic rings. The minimum absolute atomic E-state index is 0.361. The highest BCUT2D eigenvalue weighted by molar-refractivity contribution is 6.31. The zero-order chi connectivity index (χ0) is 17.8. The van der Waals surface area contributed by atoms with Crippen molar-refractivity contribution in [3.05, 3.63) is 58.0 Å². The molecule has 130 valence electrons. The first-order valence-corrected chi connectivity index (χ1v) is 8.14. The lowest BCUT2D eigenvalue weighted by Gasteiger charge is -2.16. The quantitative estimate of drug-likeness (QED) is 0.685. The second-order valence-electron chi connectivity index (χ2n) is 5.30. The van der Waals surface area contributed by atoms with Crippen LogP contribution in [0, 0.1) is 0 Å². The average Bonchev–Trinajstić information content (AvgIpc) is 2.61. The zero-order valence-corrected chi connectivity index (χ0v) is 14.7. The third kappa shape index (κ3) is 3.45. The second kappa shape index (κ2) is 7.55. The molecule has 1 N–H and O–H groups in total. The zero-order valence-electron chi connectivity index (χ0n) is 14.0. The molecule has 6 nitrogen and oxygen atoms in total. The summed E-state index contributed by atoms with van der Waals surface area (Å²) in [4.78, 5) is 16.8. The van der Waals surface area contributed by atoms with Crippen molar-refractivity contribution in [3.63, 3.8) is 0 Å². The molecule has 0 aliphatic carbocycles. The molecule has 0 amide bonds. The normalized spacial score (nSPS) is 10.8. The van der Waals surface area contributed by atoms with Gasteiger partial charge < -0.3 is 14.8 Å². The number of halogens is 1. The van der Waals surface area contributed by atoms with E-state index in [1.54, 1.807) is 26.3 Å². The summed E-state index contributed by atoms with van der Waals surface area (Å²) in [7, 11) is 3.31. The summed E-state index contributed by atoms with van der Waals surface area (Å²) < 4.78 is 12.4. The van der Waals surface area contributed by atoms with Gasteiger partial charge in [0.1, 0.15) is 18.2 Å². The van der Waals surface area contributed by atoms with E-state index in [4.69, 9.17) is 21.1 Å². The monoisotopic (exact) mass is 359 g/mol. The van der Waals surface area contributed by atoms with Gasteiger partial charge in [0.25, 0.3) is 0 Å². The van der Waals surface area contributed by atoms with E-state index in [9.17, 15) is 4.79 Å². The van der Waals surface area contributed by atoms with Crippen LogP contribution in [0.3, 0.4) is 0 Å². The number of fused-ring (bicyclic) bond motifs is 1. The predicted molar refractivity (Wildman–Crippen MR) is 99.3 cm³/mol. The summed E-state index contributed by atoms with van der Waals surface area (Å²) in [5, 5.41) is 4.12. The van der Waals surface area contributed by atoms with Crippen LogP contribution in [-0.4, -0.2) is 36.9 Å². The number of nitrogens with zero attached hydrogens (tertiary/aromatic N) is 2. The summed E-state index contributed by atoms with van der Waals surface area (Å²) in [6, 6.07) is 12.7. The number of benzene rings is 2. The van der Waals surface area contributed by atoms with Gasteiger partial charge in [0.2, 0.25) is 0 Å². The Hall–Kier alpha value is -2.57. The van der Waals surface area contributed by atoms with Gasteiger partial charge in [-0.05, 0) is 24.3 Å². The van der Waals surface area contributed by atoms with Crippen molar-refractivity contribution < 1.29 is 9.47 Å². The fourth-order valence-corrected chi connectivity index (χ4v) is 2.85. The molecule has 7 heteroatoms. The number of hydrogen-bond acceptors (Lipinski definition) is 5. The maximum absolute atomic E-state index is 12.6. The third-order valence-corrected chi connectivity index (χ3v) is 3.94. The van der Waals surface area contributed by atoms with E-state index in [1.165, 1.54) is 4.57 Å². The Bertz CT molecular complexity index is 942. The first-order chi connectivity index (χ1) is 12.2. The van der Waals surface area contributed by atoms with Gasteiger partial charge >= 0.3 is 5.69 Å². The number of nitrogens with one attached hydrogen (secondary N) is 1. The summed E-state index contributed by atoms with van der Waals surface area (Å²) in [6.07, 6.45) is 0. The van der Waals surface area contributed by atoms with Crippen LogP contribution in [0.15, 0.2) is 47.3 Å². The van der Waals surface area contributed by atoms with Gasteiger partial charge in [-0.25, -0.2) is 4.79 Å². The smallest absolute Gasteiger partial charge is 0.354 e. The molecular weight excluding hydrogens is 342 g/mol. The van der Waals surface area contributed by atoms with E-state index in [-0.39, 0.29) is 0 Å². The molecule has 1 heterocycles. The number of rotatable bonds is 6. The molecule has 0 aliphatic heterocycles. The fraction of sp³-hybridized carbons (Fsp3) is 0.222. The highest BCUT2D eigenvalue weighted by Gasteiger charge is 2.16. The van der Waals surface area contributed by atoms with Crippen LogP contribution in [-0.2, 0) is 4.74 Å². The first-order valence-electron chi connectivity index (χ1n) is 7.77. The van der Waals surface area contributed by atoms with Crippen LogP contribution in [0.1, 0.15) is 0 Å². The number of hydrogen-bond donors (Lipinski definition) is 1. The van der Waals surface area contributed by atoms with Gasteiger partial charge in [0.15, 0.2) is 0 Å². The molecule has 0 atom stereocenters. The number of para-hydroxylation sites is 1. The van der Waals surface area contributed by atoms with Crippen LogP contribution < -0.4 is 15.7 Å². The Morgan fingerprint density at radius 3 is 2.64 bits per heavy atom. The summed E-state index contributed by atoms with van der Waals surface area (Å²) >= 11 is 6.28. The lowest BCUT2D eigenvalue weighted by molar-refractivity contribution is 0.147. The van der Waals surface area contributed by atoms with Gasteiger partial charge in [-0.1, -0.05) is 29.8 Å². The van der Waals surface area contributed by atoms with Crippen LogP contribution in [0.25, 0.3) is 16.6 Å². The van der Waals surface area contributed by atoms with Crippen LogP contribution in [0.5, 0.6) is 5.75 Å². The third-order valence-electron chi connectivity index (χ3n) is 3.72. The van der Waals surface area contributed by atoms with Crippen molar-refractivity contribution in [1.82, 2.24) is 9.55 Å². The average molecular weight is 360 g/mol. The standard InChI is InChI=1S/C18H18ClN3O3/c1-20-17-16-14(10-12(19)11-15(16)25-9-8-24-2)22(18(23)21-17)13-6-4-3-5-7-13/h3-7,10-11H,8-9H2,1-2H3,(H,20,21,23). The highest BCUT2D eigenvalue weighted by atomic mass is 35.5. The Balaban J connectivity index is 2.31. The molecule has 3 rings (SSSR count). The van der Waals surface area contributed by atoms with Crippen molar-refractivity contribution in [2.45, 2.75) is 0 Å². The lowest BCUT2D eigenvalue weighted by Crippen LogP contribution is -2.23.